The summed E-state index contributed by atoms with van der Waals surface area (Å²) in [6.07, 6.45) is 10.6. The number of Topliss-reactive ketones (excluding diaryl/α,β-unsaturated/α-hetero) is 1. The van der Waals surface area contributed by atoms with E-state index in [0.717, 1.165) is 17.4 Å². The second kappa shape index (κ2) is 8.73. The molecule has 0 aliphatic rings. The molecule has 2 aromatic rings. The van der Waals surface area contributed by atoms with E-state index >= 15 is 0 Å². The van der Waals surface area contributed by atoms with Crippen LogP contribution >= 0.6 is 0 Å². The number of fused-ring (bicyclic) bond motifs is 1. The van der Waals surface area contributed by atoms with E-state index in [-0.39, 0.29) is 5.78 Å². The van der Waals surface area contributed by atoms with Gasteiger partial charge in [0.25, 0.3) is 0 Å². The van der Waals surface area contributed by atoms with Crippen LogP contribution in [0.25, 0.3) is 10.8 Å². The first-order valence-electron chi connectivity index (χ1n) is 8.74. The largest absolute Gasteiger partial charge is 0.295 e. The summed E-state index contributed by atoms with van der Waals surface area (Å²) < 4.78 is 0. The number of carbonyl (C=O) groups is 1. The molecule has 1 nitrogen and oxygen atoms in total. The van der Waals surface area contributed by atoms with Gasteiger partial charge in [-0.05, 0) is 42.2 Å². The molecule has 1 heteroatoms. The van der Waals surface area contributed by atoms with Gasteiger partial charge in [-0.3, -0.25) is 4.79 Å². The van der Waals surface area contributed by atoms with Crippen molar-refractivity contribution in [2.75, 3.05) is 0 Å². The average molecular weight is 296 g/mol. The zero-order valence-corrected chi connectivity index (χ0v) is 14.0. The zero-order chi connectivity index (χ0) is 15.8. The fraction of sp³-hybridized carbons (Fsp3) is 0.476. The number of rotatable bonds is 9. The predicted octanol–water partition coefficient (Wildman–Crippen LogP) is 6.34. The maximum atomic E-state index is 11.4. The third-order valence-electron chi connectivity index (χ3n) is 4.38. The van der Waals surface area contributed by atoms with Gasteiger partial charge in [0.1, 0.15) is 0 Å². The molecule has 0 aliphatic heterocycles. The summed E-state index contributed by atoms with van der Waals surface area (Å²) >= 11 is 0. The van der Waals surface area contributed by atoms with Crippen LogP contribution in [0.2, 0.25) is 0 Å². The highest BCUT2D eigenvalue weighted by molar-refractivity contribution is 5.98. The summed E-state index contributed by atoms with van der Waals surface area (Å²) in [5.41, 5.74) is 2.21. The second-order valence-corrected chi connectivity index (χ2v) is 6.32. The minimum absolute atomic E-state index is 0.133. The summed E-state index contributed by atoms with van der Waals surface area (Å²) in [6.45, 7) is 3.88. The Morgan fingerprint density at radius 2 is 1.45 bits per heavy atom. The van der Waals surface area contributed by atoms with E-state index in [1.807, 2.05) is 12.1 Å². The fourth-order valence-electron chi connectivity index (χ4n) is 2.96. The van der Waals surface area contributed by atoms with Crippen molar-refractivity contribution in [1.82, 2.24) is 0 Å². The molecule has 0 fully saturated rings. The van der Waals surface area contributed by atoms with Gasteiger partial charge >= 0.3 is 0 Å². The normalized spacial score (nSPS) is 11.0. The van der Waals surface area contributed by atoms with E-state index in [2.05, 4.69) is 31.2 Å². The minimum atomic E-state index is 0.133. The standard InChI is InChI=1S/C21H28O/c1-3-4-5-6-7-8-9-10-18-11-12-21-16-19(17(2)22)13-14-20(21)15-18/h11-16H,3-10H2,1-2H3. The Morgan fingerprint density at radius 1 is 0.818 bits per heavy atom. The Balaban J connectivity index is 1.85. The number of hydrogen-bond acceptors (Lipinski definition) is 1. The molecule has 0 amide bonds. The molecule has 0 saturated heterocycles. The van der Waals surface area contributed by atoms with E-state index in [9.17, 15) is 4.79 Å². The molecule has 0 bridgehead atoms. The number of ketones is 1. The minimum Gasteiger partial charge on any atom is -0.295 e. The molecule has 0 N–H and O–H groups in total. The summed E-state index contributed by atoms with van der Waals surface area (Å²) in [5.74, 6) is 0.133. The maximum Gasteiger partial charge on any atom is 0.159 e. The zero-order valence-electron chi connectivity index (χ0n) is 14.0. The quantitative estimate of drug-likeness (QED) is 0.390. The first kappa shape index (κ1) is 16.7. The number of benzene rings is 2. The maximum absolute atomic E-state index is 11.4. The van der Waals surface area contributed by atoms with Crippen LogP contribution < -0.4 is 0 Å². The van der Waals surface area contributed by atoms with Gasteiger partial charge in [-0.25, -0.2) is 0 Å². The van der Waals surface area contributed by atoms with Crippen LogP contribution in [0.1, 0.15) is 74.7 Å². The van der Waals surface area contributed by atoms with Gasteiger partial charge in [0, 0.05) is 5.56 Å². The molecular weight excluding hydrogens is 268 g/mol. The van der Waals surface area contributed by atoms with Gasteiger partial charge in [-0.15, -0.1) is 0 Å². The first-order chi connectivity index (χ1) is 10.7. The summed E-state index contributed by atoms with van der Waals surface area (Å²) in [4.78, 5) is 11.4. The van der Waals surface area contributed by atoms with Crippen molar-refractivity contribution in [2.45, 2.75) is 65.2 Å². The highest BCUT2D eigenvalue weighted by Gasteiger charge is 2.02. The molecule has 0 aliphatic carbocycles. The predicted molar refractivity (Wildman–Crippen MR) is 95.6 cm³/mol. The summed E-state index contributed by atoms with van der Waals surface area (Å²) in [7, 11) is 0. The Kier molecular flexibility index (Phi) is 6.64. The third kappa shape index (κ3) is 4.98. The Hall–Kier alpha value is -1.63. The van der Waals surface area contributed by atoms with Crippen molar-refractivity contribution in [3.8, 4) is 0 Å². The van der Waals surface area contributed by atoms with E-state index in [1.54, 1.807) is 6.92 Å². The van der Waals surface area contributed by atoms with Crippen molar-refractivity contribution in [1.29, 1.82) is 0 Å². The van der Waals surface area contributed by atoms with Crippen LogP contribution in [0.4, 0.5) is 0 Å². The van der Waals surface area contributed by atoms with Crippen LogP contribution in [0.5, 0.6) is 0 Å². The third-order valence-corrected chi connectivity index (χ3v) is 4.38. The Morgan fingerprint density at radius 3 is 2.18 bits per heavy atom. The lowest BCUT2D eigenvalue weighted by atomic mass is 9.99. The molecule has 0 spiro atoms. The molecule has 0 aromatic heterocycles. The van der Waals surface area contributed by atoms with E-state index in [0.29, 0.717) is 0 Å². The lowest BCUT2D eigenvalue weighted by molar-refractivity contribution is 0.101. The van der Waals surface area contributed by atoms with Gasteiger partial charge in [-0.2, -0.15) is 0 Å². The lowest BCUT2D eigenvalue weighted by Gasteiger charge is -2.05. The molecule has 0 radical (unpaired) electrons. The van der Waals surface area contributed by atoms with E-state index in [4.69, 9.17) is 0 Å². The number of unbranched alkanes of at least 4 members (excludes halogenated alkanes) is 6. The second-order valence-electron chi connectivity index (χ2n) is 6.32. The topological polar surface area (TPSA) is 17.1 Å². The SMILES string of the molecule is CCCCCCCCCc1ccc2cc(C(C)=O)ccc2c1. The molecule has 0 atom stereocenters. The molecule has 0 unspecified atom stereocenters. The molecule has 2 aromatic carbocycles. The number of aryl methyl sites for hydroxylation is 1. The van der Waals surface area contributed by atoms with Crippen molar-refractivity contribution >= 4 is 16.6 Å². The van der Waals surface area contributed by atoms with Crippen molar-refractivity contribution in [2.24, 2.45) is 0 Å². The summed E-state index contributed by atoms with van der Waals surface area (Å²) in [5, 5.41) is 2.40. The van der Waals surface area contributed by atoms with Gasteiger partial charge < -0.3 is 0 Å². The number of hydrogen-bond donors (Lipinski definition) is 0. The average Bonchev–Trinajstić information content (AvgIpc) is 2.53. The fourth-order valence-corrected chi connectivity index (χ4v) is 2.96. The summed E-state index contributed by atoms with van der Waals surface area (Å²) in [6, 6.07) is 12.6. The van der Waals surface area contributed by atoms with Gasteiger partial charge in [0.15, 0.2) is 5.78 Å². The van der Waals surface area contributed by atoms with Crippen molar-refractivity contribution in [3.05, 3.63) is 47.5 Å². The van der Waals surface area contributed by atoms with Gasteiger partial charge in [-0.1, -0.05) is 75.8 Å². The van der Waals surface area contributed by atoms with Crippen LogP contribution in [0, 0.1) is 0 Å². The molecule has 0 heterocycles. The van der Waals surface area contributed by atoms with Crippen LogP contribution in [-0.2, 0) is 6.42 Å². The highest BCUT2D eigenvalue weighted by Crippen LogP contribution is 2.20. The van der Waals surface area contributed by atoms with Gasteiger partial charge in [0.2, 0.25) is 0 Å². The first-order valence-corrected chi connectivity index (χ1v) is 8.74. The lowest BCUT2D eigenvalue weighted by Crippen LogP contribution is -1.92. The molecule has 118 valence electrons. The van der Waals surface area contributed by atoms with Crippen LogP contribution in [0.15, 0.2) is 36.4 Å². The Labute approximate surface area is 134 Å². The van der Waals surface area contributed by atoms with E-state index in [1.165, 1.54) is 55.9 Å². The van der Waals surface area contributed by atoms with Gasteiger partial charge in [0.05, 0.1) is 0 Å². The molecule has 0 saturated carbocycles. The Bertz CT molecular complexity index is 612. The van der Waals surface area contributed by atoms with Crippen molar-refractivity contribution in [3.63, 3.8) is 0 Å². The molecular formula is C21H28O. The highest BCUT2D eigenvalue weighted by atomic mass is 16.1. The smallest absolute Gasteiger partial charge is 0.159 e. The van der Waals surface area contributed by atoms with Crippen LogP contribution in [0.3, 0.4) is 0 Å². The van der Waals surface area contributed by atoms with Crippen LogP contribution in [-0.4, -0.2) is 5.78 Å². The molecule has 22 heavy (non-hydrogen) atoms. The van der Waals surface area contributed by atoms with E-state index < -0.39 is 0 Å². The van der Waals surface area contributed by atoms with Crippen molar-refractivity contribution < 1.29 is 4.79 Å². The molecule has 2 rings (SSSR count). The number of carbonyl (C=O) groups excluding carboxylic acids is 1. The monoisotopic (exact) mass is 296 g/mol.